The minimum atomic E-state index is -0.731. The van der Waals surface area contributed by atoms with Crippen LogP contribution in [-0.4, -0.2) is 11.7 Å². The summed E-state index contributed by atoms with van der Waals surface area (Å²) < 4.78 is 13.1. The second-order valence-corrected chi connectivity index (χ2v) is 5.19. The Morgan fingerprint density at radius 1 is 1.10 bits per heavy atom. The molecule has 2 aromatic rings. The Morgan fingerprint density at radius 2 is 1.85 bits per heavy atom. The van der Waals surface area contributed by atoms with Crippen molar-refractivity contribution in [2.24, 2.45) is 0 Å². The molecule has 0 saturated carbocycles. The van der Waals surface area contributed by atoms with Gasteiger partial charge in [-0.3, -0.25) is 0 Å². The largest absolute Gasteiger partial charge is 0.387 e. The fourth-order valence-corrected chi connectivity index (χ4v) is 2.20. The second-order valence-electron chi connectivity index (χ2n) is 5.19. The van der Waals surface area contributed by atoms with Crippen molar-refractivity contribution in [2.75, 3.05) is 11.9 Å². The lowest BCUT2D eigenvalue weighted by atomic mass is 10.0. The second kappa shape index (κ2) is 6.53. The summed E-state index contributed by atoms with van der Waals surface area (Å²) in [4.78, 5) is 0. The molecule has 2 aromatic carbocycles. The monoisotopic (exact) mass is 273 g/mol. The Hall–Kier alpha value is -1.87. The molecule has 20 heavy (non-hydrogen) atoms. The summed E-state index contributed by atoms with van der Waals surface area (Å²) in [5, 5.41) is 13.3. The number of aliphatic hydroxyl groups excluding tert-OH is 1. The van der Waals surface area contributed by atoms with Crippen LogP contribution in [0.1, 0.15) is 37.0 Å². The summed E-state index contributed by atoms with van der Waals surface area (Å²) in [5.41, 5.74) is 2.80. The van der Waals surface area contributed by atoms with E-state index in [9.17, 15) is 9.50 Å². The molecule has 0 bridgehead atoms. The molecule has 2 N–H and O–H groups in total. The number of benzene rings is 2. The van der Waals surface area contributed by atoms with Crippen LogP contribution in [0.2, 0.25) is 0 Å². The van der Waals surface area contributed by atoms with Gasteiger partial charge < -0.3 is 10.4 Å². The molecule has 1 atom stereocenters. The lowest BCUT2D eigenvalue weighted by Crippen LogP contribution is -2.13. The van der Waals surface area contributed by atoms with Crippen LogP contribution in [0.4, 0.5) is 10.1 Å². The first-order valence-electron chi connectivity index (χ1n) is 6.84. The number of hydrogen-bond donors (Lipinski definition) is 2. The van der Waals surface area contributed by atoms with E-state index in [1.54, 1.807) is 12.1 Å². The topological polar surface area (TPSA) is 32.3 Å². The summed E-state index contributed by atoms with van der Waals surface area (Å²) in [6.45, 7) is 4.61. The summed E-state index contributed by atoms with van der Waals surface area (Å²) >= 11 is 0. The third-order valence-electron chi connectivity index (χ3n) is 3.30. The molecular formula is C17H20FNO. The highest BCUT2D eigenvalue weighted by Crippen LogP contribution is 2.24. The molecule has 3 heteroatoms. The Labute approximate surface area is 119 Å². The lowest BCUT2D eigenvalue weighted by molar-refractivity contribution is 0.191. The summed E-state index contributed by atoms with van der Waals surface area (Å²) in [5.74, 6) is 0.0779. The van der Waals surface area contributed by atoms with Crippen LogP contribution in [-0.2, 0) is 0 Å². The van der Waals surface area contributed by atoms with E-state index in [0.717, 1.165) is 5.69 Å². The van der Waals surface area contributed by atoms with E-state index in [4.69, 9.17) is 0 Å². The summed E-state index contributed by atoms with van der Waals surface area (Å²) in [6, 6.07) is 14.1. The lowest BCUT2D eigenvalue weighted by Gasteiger charge is -2.17. The fourth-order valence-electron chi connectivity index (χ4n) is 2.20. The standard InChI is InChI=1S/C17H20FNO/c1-12(2)15-8-3-4-9-16(15)19-11-17(20)13-6-5-7-14(18)10-13/h3-10,12,17,19-20H,11H2,1-2H3. The molecule has 2 rings (SSSR count). The van der Waals surface area contributed by atoms with Gasteiger partial charge in [0.15, 0.2) is 0 Å². The molecule has 0 aliphatic carbocycles. The molecule has 0 aromatic heterocycles. The van der Waals surface area contributed by atoms with Crippen LogP contribution >= 0.6 is 0 Å². The molecule has 0 radical (unpaired) electrons. The average Bonchev–Trinajstić information content (AvgIpc) is 2.45. The number of anilines is 1. The number of rotatable bonds is 5. The van der Waals surface area contributed by atoms with E-state index < -0.39 is 6.10 Å². The van der Waals surface area contributed by atoms with Gasteiger partial charge in [0, 0.05) is 12.2 Å². The van der Waals surface area contributed by atoms with Crippen LogP contribution in [0.5, 0.6) is 0 Å². The number of aliphatic hydroxyl groups is 1. The van der Waals surface area contributed by atoms with Gasteiger partial charge in [-0.1, -0.05) is 44.2 Å². The van der Waals surface area contributed by atoms with E-state index in [1.165, 1.54) is 17.7 Å². The van der Waals surface area contributed by atoms with Crippen molar-refractivity contribution in [3.8, 4) is 0 Å². The first-order valence-corrected chi connectivity index (χ1v) is 6.84. The normalized spacial score (nSPS) is 12.4. The van der Waals surface area contributed by atoms with Gasteiger partial charge in [0.1, 0.15) is 5.82 Å². The first kappa shape index (κ1) is 14.5. The molecule has 0 aliphatic rings. The van der Waals surface area contributed by atoms with Crippen LogP contribution in [0, 0.1) is 5.82 Å². The number of para-hydroxylation sites is 1. The Kier molecular flexibility index (Phi) is 4.74. The molecular weight excluding hydrogens is 253 g/mol. The van der Waals surface area contributed by atoms with Crippen LogP contribution in [0.3, 0.4) is 0 Å². The summed E-state index contributed by atoms with van der Waals surface area (Å²) in [6.07, 6.45) is -0.731. The van der Waals surface area contributed by atoms with E-state index in [1.807, 2.05) is 18.2 Å². The van der Waals surface area contributed by atoms with Gasteiger partial charge in [0.2, 0.25) is 0 Å². The average molecular weight is 273 g/mol. The SMILES string of the molecule is CC(C)c1ccccc1NCC(O)c1cccc(F)c1. The number of nitrogens with one attached hydrogen (secondary N) is 1. The molecule has 0 amide bonds. The third-order valence-corrected chi connectivity index (χ3v) is 3.30. The fraction of sp³-hybridized carbons (Fsp3) is 0.294. The van der Waals surface area contributed by atoms with Gasteiger partial charge in [-0.15, -0.1) is 0 Å². The molecule has 1 unspecified atom stereocenters. The molecule has 0 aliphatic heterocycles. The van der Waals surface area contributed by atoms with Crippen molar-refractivity contribution < 1.29 is 9.50 Å². The third kappa shape index (κ3) is 3.58. The molecule has 0 spiro atoms. The number of hydrogen-bond acceptors (Lipinski definition) is 2. The molecule has 0 saturated heterocycles. The van der Waals surface area contributed by atoms with Crippen molar-refractivity contribution in [1.29, 1.82) is 0 Å². The van der Waals surface area contributed by atoms with Crippen molar-refractivity contribution in [3.05, 3.63) is 65.5 Å². The number of halogens is 1. The predicted octanol–water partition coefficient (Wildman–Crippen LogP) is 4.09. The van der Waals surface area contributed by atoms with Crippen LogP contribution < -0.4 is 5.32 Å². The van der Waals surface area contributed by atoms with Gasteiger partial charge >= 0.3 is 0 Å². The van der Waals surface area contributed by atoms with Gasteiger partial charge in [-0.25, -0.2) is 4.39 Å². The maximum absolute atomic E-state index is 13.1. The van der Waals surface area contributed by atoms with E-state index in [2.05, 4.69) is 25.2 Å². The van der Waals surface area contributed by atoms with E-state index in [0.29, 0.717) is 18.0 Å². The van der Waals surface area contributed by atoms with Crippen molar-refractivity contribution in [1.82, 2.24) is 0 Å². The van der Waals surface area contributed by atoms with E-state index in [-0.39, 0.29) is 5.82 Å². The van der Waals surface area contributed by atoms with E-state index >= 15 is 0 Å². The molecule has 2 nitrogen and oxygen atoms in total. The highest BCUT2D eigenvalue weighted by Gasteiger charge is 2.10. The molecule has 0 heterocycles. The Balaban J connectivity index is 2.05. The van der Waals surface area contributed by atoms with Gasteiger partial charge in [-0.2, -0.15) is 0 Å². The minimum absolute atomic E-state index is 0.330. The highest BCUT2D eigenvalue weighted by atomic mass is 19.1. The Morgan fingerprint density at radius 3 is 2.55 bits per heavy atom. The van der Waals surface area contributed by atoms with Crippen molar-refractivity contribution in [2.45, 2.75) is 25.9 Å². The smallest absolute Gasteiger partial charge is 0.123 e. The quantitative estimate of drug-likeness (QED) is 0.859. The van der Waals surface area contributed by atoms with Crippen LogP contribution in [0.15, 0.2) is 48.5 Å². The first-order chi connectivity index (χ1) is 9.58. The summed E-state index contributed by atoms with van der Waals surface area (Å²) in [7, 11) is 0. The Bertz CT molecular complexity index is 568. The maximum Gasteiger partial charge on any atom is 0.123 e. The van der Waals surface area contributed by atoms with Gasteiger partial charge in [0.25, 0.3) is 0 Å². The maximum atomic E-state index is 13.1. The molecule has 0 fully saturated rings. The zero-order chi connectivity index (χ0) is 14.5. The zero-order valence-electron chi connectivity index (χ0n) is 11.8. The predicted molar refractivity (Wildman–Crippen MR) is 80.4 cm³/mol. The van der Waals surface area contributed by atoms with Crippen molar-refractivity contribution in [3.63, 3.8) is 0 Å². The minimum Gasteiger partial charge on any atom is -0.387 e. The molecule has 106 valence electrons. The van der Waals surface area contributed by atoms with Crippen LogP contribution in [0.25, 0.3) is 0 Å². The highest BCUT2D eigenvalue weighted by molar-refractivity contribution is 5.52. The van der Waals surface area contributed by atoms with Gasteiger partial charge in [-0.05, 0) is 35.2 Å². The van der Waals surface area contributed by atoms with Crippen molar-refractivity contribution >= 4 is 5.69 Å². The zero-order valence-corrected chi connectivity index (χ0v) is 11.8. The van der Waals surface area contributed by atoms with Gasteiger partial charge in [0.05, 0.1) is 6.10 Å².